The van der Waals surface area contributed by atoms with E-state index in [1.165, 1.54) is 23.3 Å². The summed E-state index contributed by atoms with van der Waals surface area (Å²) in [5.41, 5.74) is 4.03. The number of carboxylic acid groups (broad SMARTS) is 1. The maximum Gasteiger partial charge on any atom is 0.326 e. The number of benzene rings is 2. The highest BCUT2D eigenvalue weighted by atomic mass is 35.5. The number of aliphatic carboxylic acids is 1. The van der Waals surface area contributed by atoms with E-state index in [0.717, 1.165) is 36.6 Å². The van der Waals surface area contributed by atoms with Gasteiger partial charge in [-0.15, -0.1) is 0 Å². The van der Waals surface area contributed by atoms with Gasteiger partial charge in [-0.3, -0.25) is 14.7 Å². The second kappa shape index (κ2) is 11.9. The van der Waals surface area contributed by atoms with Gasteiger partial charge in [0.2, 0.25) is 0 Å². The SMILES string of the molecule is O=C(N[C@@H](Cc1ccc(C2=CCN(Cc3ccc(Cl)cc3)CC2)cn1)C(=O)O)c1c(Cl)cccc1Cl. The number of hydrogen-bond donors (Lipinski definition) is 2. The third kappa shape index (κ3) is 6.65. The van der Waals surface area contributed by atoms with E-state index >= 15 is 0 Å². The Morgan fingerprint density at radius 2 is 1.75 bits per heavy atom. The van der Waals surface area contributed by atoms with Gasteiger partial charge in [0.05, 0.1) is 15.6 Å². The van der Waals surface area contributed by atoms with E-state index in [2.05, 4.69) is 21.3 Å². The van der Waals surface area contributed by atoms with E-state index in [9.17, 15) is 14.7 Å². The Morgan fingerprint density at radius 3 is 2.33 bits per heavy atom. The van der Waals surface area contributed by atoms with Crippen molar-refractivity contribution in [3.63, 3.8) is 0 Å². The zero-order valence-electron chi connectivity index (χ0n) is 19.3. The number of nitrogens with zero attached hydrogens (tertiary/aromatic N) is 2. The number of aromatic nitrogens is 1. The maximum atomic E-state index is 12.6. The smallest absolute Gasteiger partial charge is 0.326 e. The van der Waals surface area contributed by atoms with E-state index < -0.39 is 17.9 Å². The average Bonchev–Trinajstić information content (AvgIpc) is 2.86. The molecule has 3 aromatic rings. The minimum atomic E-state index is -1.18. The lowest BCUT2D eigenvalue weighted by Crippen LogP contribution is -2.42. The molecule has 36 heavy (non-hydrogen) atoms. The summed E-state index contributed by atoms with van der Waals surface area (Å²) in [6.45, 7) is 2.62. The maximum absolute atomic E-state index is 12.6. The molecule has 1 amide bonds. The molecule has 0 unspecified atom stereocenters. The van der Waals surface area contributed by atoms with Crippen molar-refractivity contribution < 1.29 is 14.7 Å². The molecule has 0 spiro atoms. The Morgan fingerprint density at radius 1 is 1.03 bits per heavy atom. The molecule has 1 atom stereocenters. The summed E-state index contributed by atoms with van der Waals surface area (Å²) in [4.78, 5) is 31.2. The monoisotopic (exact) mass is 543 g/mol. The van der Waals surface area contributed by atoms with E-state index in [-0.39, 0.29) is 22.0 Å². The number of hydrogen-bond acceptors (Lipinski definition) is 4. The van der Waals surface area contributed by atoms with Crippen LogP contribution in [-0.2, 0) is 17.8 Å². The molecule has 4 rings (SSSR count). The zero-order valence-corrected chi connectivity index (χ0v) is 21.5. The van der Waals surface area contributed by atoms with Gasteiger partial charge >= 0.3 is 5.97 Å². The molecular weight excluding hydrogens is 521 g/mol. The highest BCUT2D eigenvalue weighted by molar-refractivity contribution is 6.39. The number of amides is 1. The Labute approximate surface area is 224 Å². The summed E-state index contributed by atoms with van der Waals surface area (Å²) >= 11 is 18.1. The van der Waals surface area contributed by atoms with Crippen LogP contribution in [0.25, 0.3) is 5.57 Å². The number of halogens is 3. The van der Waals surface area contributed by atoms with E-state index in [4.69, 9.17) is 34.8 Å². The van der Waals surface area contributed by atoms with Gasteiger partial charge in [0.1, 0.15) is 6.04 Å². The largest absolute Gasteiger partial charge is 0.480 e. The van der Waals surface area contributed by atoms with Crippen molar-refractivity contribution in [2.75, 3.05) is 13.1 Å². The Hall–Kier alpha value is -2.90. The number of carbonyl (C=O) groups is 2. The summed E-state index contributed by atoms with van der Waals surface area (Å²) in [7, 11) is 0. The van der Waals surface area contributed by atoms with Crippen LogP contribution in [-0.4, -0.2) is 46.0 Å². The highest BCUT2D eigenvalue weighted by Gasteiger charge is 2.24. The quantitative estimate of drug-likeness (QED) is 0.377. The summed E-state index contributed by atoms with van der Waals surface area (Å²) in [5.74, 6) is -1.82. The molecule has 0 aliphatic carbocycles. The molecular formula is C27H24Cl3N3O3. The first-order chi connectivity index (χ1) is 17.3. The van der Waals surface area contributed by atoms with Crippen LogP contribution in [0.3, 0.4) is 0 Å². The molecule has 2 aromatic carbocycles. The highest BCUT2D eigenvalue weighted by Crippen LogP contribution is 2.25. The fourth-order valence-electron chi connectivity index (χ4n) is 4.05. The van der Waals surface area contributed by atoms with Gasteiger partial charge in [-0.25, -0.2) is 4.79 Å². The average molecular weight is 545 g/mol. The predicted molar refractivity (Wildman–Crippen MR) is 143 cm³/mol. The molecule has 0 saturated carbocycles. The van der Waals surface area contributed by atoms with Crippen LogP contribution in [0.1, 0.15) is 33.6 Å². The molecule has 6 nitrogen and oxygen atoms in total. The molecule has 186 valence electrons. The zero-order chi connectivity index (χ0) is 25.7. The van der Waals surface area contributed by atoms with Crippen molar-refractivity contribution in [3.05, 3.63) is 104 Å². The third-order valence-electron chi connectivity index (χ3n) is 6.01. The van der Waals surface area contributed by atoms with Gasteiger partial charge in [-0.05, 0) is 53.5 Å². The number of carboxylic acids is 1. The van der Waals surface area contributed by atoms with E-state index in [1.807, 2.05) is 30.3 Å². The fraction of sp³-hybridized carbons (Fsp3) is 0.222. The van der Waals surface area contributed by atoms with Crippen LogP contribution in [0.4, 0.5) is 0 Å². The van der Waals surface area contributed by atoms with Gasteiger partial charge in [-0.1, -0.05) is 65.1 Å². The van der Waals surface area contributed by atoms with Gasteiger partial charge in [0.25, 0.3) is 5.91 Å². The molecule has 1 aliphatic heterocycles. The summed E-state index contributed by atoms with van der Waals surface area (Å²) in [6.07, 6.45) is 4.86. The molecule has 2 heterocycles. The third-order valence-corrected chi connectivity index (χ3v) is 6.90. The molecule has 1 aliphatic rings. The van der Waals surface area contributed by atoms with Gasteiger partial charge in [0, 0.05) is 43.0 Å². The van der Waals surface area contributed by atoms with Gasteiger partial charge in [0.15, 0.2) is 0 Å². The number of nitrogens with one attached hydrogen (secondary N) is 1. The van der Waals surface area contributed by atoms with Crippen molar-refractivity contribution >= 4 is 52.3 Å². The lowest BCUT2D eigenvalue weighted by Gasteiger charge is -2.26. The number of rotatable bonds is 8. The standard InChI is InChI=1S/C27H24Cl3N3O3/c28-20-7-4-17(5-8-20)16-33-12-10-18(11-13-33)19-6-9-21(31-15-19)14-24(27(35)36)32-26(34)25-22(29)2-1-3-23(25)30/h1-10,15,24H,11-14,16H2,(H,32,34)(H,35,36)/t24-/m0/s1. The predicted octanol–water partition coefficient (Wildman–Crippen LogP) is 5.76. The molecule has 0 radical (unpaired) electrons. The number of carbonyl (C=O) groups excluding carboxylic acids is 1. The van der Waals surface area contributed by atoms with Crippen molar-refractivity contribution in [1.29, 1.82) is 0 Å². The first-order valence-corrected chi connectivity index (χ1v) is 12.5. The molecule has 0 saturated heterocycles. The van der Waals surface area contributed by atoms with Crippen LogP contribution < -0.4 is 5.32 Å². The fourth-order valence-corrected chi connectivity index (χ4v) is 4.75. The molecule has 9 heteroatoms. The Bertz CT molecular complexity index is 1260. The first-order valence-electron chi connectivity index (χ1n) is 11.4. The second-order valence-electron chi connectivity index (χ2n) is 8.54. The minimum Gasteiger partial charge on any atom is -0.480 e. The molecule has 0 fully saturated rings. The van der Waals surface area contributed by atoms with Crippen LogP contribution in [0.5, 0.6) is 0 Å². The number of pyridine rings is 1. The Kier molecular flexibility index (Phi) is 8.64. The second-order valence-corrected chi connectivity index (χ2v) is 9.80. The van der Waals surface area contributed by atoms with Gasteiger partial charge in [-0.2, -0.15) is 0 Å². The first kappa shape index (κ1) is 26.2. The lowest BCUT2D eigenvalue weighted by atomic mass is 10.00. The van der Waals surface area contributed by atoms with Crippen LogP contribution in [0.2, 0.25) is 15.1 Å². The Balaban J connectivity index is 1.37. The van der Waals surface area contributed by atoms with Crippen LogP contribution >= 0.6 is 34.8 Å². The lowest BCUT2D eigenvalue weighted by molar-refractivity contribution is -0.139. The van der Waals surface area contributed by atoms with Crippen LogP contribution in [0.15, 0.2) is 66.9 Å². The molecule has 0 bridgehead atoms. The summed E-state index contributed by atoms with van der Waals surface area (Å²) in [6, 6.07) is 15.1. The summed E-state index contributed by atoms with van der Waals surface area (Å²) in [5, 5.41) is 13.2. The summed E-state index contributed by atoms with van der Waals surface area (Å²) < 4.78 is 0. The van der Waals surface area contributed by atoms with Crippen molar-refractivity contribution in [1.82, 2.24) is 15.2 Å². The van der Waals surface area contributed by atoms with E-state index in [1.54, 1.807) is 18.3 Å². The van der Waals surface area contributed by atoms with Crippen molar-refractivity contribution in [2.45, 2.75) is 25.4 Å². The van der Waals surface area contributed by atoms with Crippen molar-refractivity contribution in [2.24, 2.45) is 0 Å². The van der Waals surface area contributed by atoms with Crippen molar-refractivity contribution in [3.8, 4) is 0 Å². The topological polar surface area (TPSA) is 82.5 Å². The van der Waals surface area contributed by atoms with Gasteiger partial charge < -0.3 is 10.4 Å². The minimum absolute atomic E-state index is 0.0251. The van der Waals surface area contributed by atoms with E-state index in [0.29, 0.717) is 5.69 Å². The molecule has 2 N–H and O–H groups in total. The van der Waals surface area contributed by atoms with Crippen LogP contribution in [0, 0.1) is 0 Å². The normalized spacial score (nSPS) is 14.7. The molecule has 1 aromatic heterocycles.